The highest BCUT2D eigenvalue weighted by Crippen LogP contribution is 2.47. The molecule has 1 rings (SSSR count). The molecule has 25 heavy (non-hydrogen) atoms. The number of para-hydroxylation sites is 1. The summed E-state index contributed by atoms with van der Waals surface area (Å²) < 4.78 is 29.1. The fraction of sp³-hybridized carbons (Fsp3) is 0.611. The molecule has 0 saturated heterocycles. The van der Waals surface area contributed by atoms with Gasteiger partial charge in [0, 0.05) is 7.11 Å². The first kappa shape index (κ1) is 21.7. The van der Waals surface area contributed by atoms with Crippen LogP contribution < -0.4 is 9.61 Å². The van der Waals surface area contributed by atoms with Crippen LogP contribution in [0.1, 0.15) is 57.6 Å². The predicted octanol–water partition coefficient (Wildman–Crippen LogP) is 4.26. The van der Waals surface area contributed by atoms with Gasteiger partial charge in [0.25, 0.3) is 0 Å². The van der Waals surface area contributed by atoms with Crippen molar-refractivity contribution < 1.29 is 23.4 Å². The van der Waals surface area contributed by atoms with E-state index in [1.165, 1.54) is 7.11 Å². The first-order valence-corrected chi connectivity index (χ1v) is 10.4. The molecule has 0 bridgehead atoms. The third kappa shape index (κ3) is 6.46. The molecule has 1 aromatic carbocycles. The van der Waals surface area contributed by atoms with Crippen LogP contribution in [0.5, 0.6) is 5.75 Å². The van der Waals surface area contributed by atoms with Crippen LogP contribution >= 0.6 is 7.52 Å². The monoisotopic (exact) mass is 371 g/mol. The Morgan fingerprint density at radius 3 is 2.16 bits per heavy atom. The van der Waals surface area contributed by atoms with E-state index in [1.807, 2.05) is 18.2 Å². The number of esters is 1. The van der Waals surface area contributed by atoms with Gasteiger partial charge in [0.1, 0.15) is 18.6 Å². The Morgan fingerprint density at radius 1 is 1.16 bits per heavy atom. The van der Waals surface area contributed by atoms with E-state index in [2.05, 4.69) is 32.8 Å². The first-order chi connectivity index (χ1) is 11.7. The van der Waals surface area contributed by atoms with Crippen molar-refractivity contribution in [3.8, 4) is 5.75 Å². The van der Waals surface area contributed by atoms with Gasteiger partial charge in [-0.3, -0.25) is 9.36 Å². The molecule has 6 nitrogen and oxygen atoms in total. The average Bonchev–Trinajstić information content (AvgIpc) is 2.53. The molecule has 0 aliphatic rings. The van der Waals surface area contributed by atoms with Gasteiger partial charge in [-0.2, -0.15) is 0 Å². The Bertz CT molecular complexity index is 589. The molecule has 7 heteroatoms. The van der Waals surface area contributed by atoms with Crippen LogP contribution in [0.15, 0.2) is 18.2 Å². The van der Waals surface area contributed by atoms with Gasteiger partial charge >= 0.3 is 13.5 Å². The maximum Gasteiger partial charge on any atom is 0.342 e. The topological polar surface area (TPSA) is 73.9 Å². The molecule has 0 aliphatic carbocycles. The predicted molar refractivity (Wildman–Crippen MR) is 99.4 cm³/mol. The van der Waals surface area contributed by atoms with Gasteiger partial charge in [0.05, 0.1) is 6.61 Å². The number of rotatable bonds is 10. The Hall–Kier alpha value is -1.36. The van der Waals surface area contributed by atoms with Crippen LogP contribution in [-0.2, 0) is 18.8 Å². The highest BCUT2D eigenvalue weighted by molar-refractivity contribution is 7.57. The number of hydrogen-bond donors (Lipinski definition) is 1. The van der Waals surface area contributed by atoms with Crippen molar-refractivity contribution in [2.24, 2.45) is 0 Å². The lowest BCUT2D eigenvalue weighted by atomic mass is 9.94. The zero-order chi connectivity index (χ0) is 19.0. The van der Waals surface area contributed by atoms with Crippen molar-refractivity contribution >= 4 is 13.5 Å². The van der Waals surface area contributed by atoms with E-state index >= 15 is 0 Å². The molecule has 1 unspecified atom stereocenters. The van der Waals surface area contributed by atoms with E-state index in [-0.39, 0.29) is 31.3 Å². The number of carbonyl (C=O) groups excluding carboxylic acids is 1. The number of ether oxygens (including phenoxy) is 2. The van der Waals surface area contributed by atoms with Gasteiger partial charge in [0.15, 0.2) is 0 Å². The molecule has 0 saturated carbocycles. The van der Waals surface area contributed by atoms with Crippen LogP contribution in [0.4, 0.5) is 0 Å². The Labute approximate surface area is 150 Å². The third-order valence-electron chi connectivity index (χ3n) is 3.63. The van der Waals surface area contributed by atoms with E-state index in [1.54, 1.807) is 6.92 Å². The Morgan fingerprint density at radius 2 is 1.72 bits per heavy atom. The van der Waals surface area contributed by atoms with Gasteiger partial charge in [-0.1, -0.05) is 45.9 Å². The number of methoxy groups -OCH3 is 1. The summed E-state index contributed by atoms with van der Waals surface area (Å²) in [6.45, 7) is 10.0. The largest absolute Gasteiger partial charge is 0.465 e. The lowest BCUT2D eigenvalue weighted by Crippen LogP contribution is -2.26. The van der Waals surface area contributed by atoms with Crippen LogP contribution in [0.2, 0.25) is 0 Å². The summed E-state index contributed by atoms with van der Waals surface area (Å²) in [5, 5.41) is 2.70. The summed E-state index contributed by atoms with van der Waals surface area (Å²) in [4.78, 5) is 11.6. The minimum Gasteiger partial charge on any atom is -0.465 e. The summed E-state index contributed by atoms with van der Waals surface area (Å²) in [5.74, 6) is 0.525. The summed E-state index contributed by atoms with van der Waals surface area (Å²) >= 11 is 0. The molecule has 1 atom stereocenters. The second-order valence-corrected chi connectivity index (χ2v) is 8.50. The lowest BCUT2D eigenvalue weighted by Gasteiger charge is -2.25. The molecule has 1 N–H and O–H groups in total. The van der Waals surface area contributed by atoms with E-state index in [4.69, 9.17) is 14.0 Å². The minimum atomic E-state index is -3.43. The average molecular weight is 371 g/mol. The molecule has 1 aromatic rings. The van der Waals surface area contributed by atoms with Gasteiger partial charge in [0.2, 0.25) is 0 Å². The minimum absolute atomic E-state index is 0.142. The lowest BCUT2D eigenvalue weighted by molar-refractivity contribution is -0.141. The molecule has 142 valence electrons. The van der Waals surface area contributed by atoms with E-state index in [0.717, 1.165) is 11.1 Å². The zero-order valence-corrected chi connectivity index (χ0v) is 16.9. The molecular weight excluding hydrogens is 341 g/mol. The second kappa shape index (κ2) is 9.95. The van der Waals surface area contributed by atoms with Crippen molar-refractivity contribution in [1.29, 1.82) is 0 Å². The summed E-state index contributed by atoms with van der Waals surface area (Å²) in [6.07, 6.45) is -0.142. The maximum atomic E-state index is 13.2. The SMILES string of the molecule is CCOC(=O)CNP(=O)(COC)Oc1c(C(C)C)cccc1C(C)C. The van der Waals surface area contributed by atoms with Crippen LogP contribution in [0.25, 0.3) is 0 Å². The summed E-state index contributed by atoms with van der Waals surface area (Å²) in [5.41, 5.74) is 1.95. The number of carbonyl (C=O) groups is 1. The number of nitrogens with one attached hydrogen (secondary N) is 1. The molecular formula is C18H30NO5P. The van der Waals surface area contributed by atoms with Gasteiger partial charge in [-0.05, 0) is 29.9 Å². The Kier molecular flexibility index (Phi) is 8.63. The molecule has 0 amide bonds. The van der Waals surface area contributed by atoms with Gasteiger partial charge in [-0.15, -0.1) is 0 Å². The molecule has 0 spiro atoms. The molecule has 0 aliphatic heterocycles. The maximum absolute atomic E-state index is 13.2. The van der Waals surface area contributed by atoms with Gasteiger partial charge in [-0.25, -0.2) is 5.09 Å². The number of hydrogen-bond acceptors (Lipinski definition) is 5. The summed E-state index contributed by atoms with van der Waals surface area (Å²) in [7, 11) is -1.98. The quantitative estimate of drug-likeness (QED) is 0.489. The van der Waals surface area contributed by atoms with Crippen molar-refractivity contribution in [1.82, 2.24) is 5.09 Å². The van der Waals surface area contributed by atoms with E-state index in [0.29, 0.717) is 5.75 Å². The van der Waals surface area contributed by atoms with Crippen LogP contribution in [0.3, 0.4) is 0 Å². The molecule has 0 heterocycles. The van der Waals surface area contributed by atoms with Crippen molar-refractivity contribution in [2.45, 2.75) is 46.5 Å². The van der Waals surface area contributed by atoms with Crippen molar-refractivity contribution in [3.63, 3.8) is 0 Å². The fourth-order valence-corrected chi connectivity index (χ4v) is 3.83. The van der Waals surface area contributed by atoms with Crippen molar-refractivity contribution in [3.05, 3.63) is 29.3 Å². The molecule has 0 radical (unpaired) electrons. The van der Waals surface area contributed by atoms with E-state index < -0.39 is 13.5 Å². The highest BCUT2D eigenvalue weighted by atomic mass is 31.2. The highest BCUT2D eigenvalue weighted by Gasteiger charge is 2.29. The van der Waals surface area contributed by atoms with E-state index in [9.17, 15) is 9.36 Å². The van der Waals surface area contributed by atoms with Gasteiger partial charge < -0.3 is 14.0 Å². The molecule has 0 aromatic heterocycles. The smallest absolute Gasteiger partial charge is 0.342 e. The summed E-state index contributed by atoms with van der Waals surface area (Å²) in [6, 6.07) is 5.91. The zero-order valence-electron chi connectivity index (χ0n) is 16.0. The normalized spacial score (nSPS) is 13.8. The standard InChI is InChI=1S/C18H30NO5P/c1-7-23-17(20)11-19-25(21,12-22-6)24-18-15(13(2)3)9-8-10-16(18)14(4)5/h8-10,13-14H,7,11-12H2,1-6H3,(H,19,21). The first-order valence-electron chi connectivity index (χ1n) is 8.55. The third-order valence-corrected chi connectivity index (χ3v) is 5.34. The Balaban J connectivity index is 3.16. The molecule has 0 fully saturated rings. The fourth-order valence-electron chi connectivity index (χ4n) is 2.41. The van der Waals surface area contributed by atoms with Crippen LogP contribution in [0, 0.1) is 0 Å². The van der Waals surface area contributed by atoms with Crippen LogP contribution in [-0.4, -0.2) is 32.6 Å². The second-order valence-electron chi connectivity index (χ2n) is 6.40. The number of benzene rings is 1. The van der Waals surface area contributed by atoms with Crippen molar-refractivity contribution in [2.75, 3.05) is 26.6 Å².